The van der Waals surface area contributed by atoms with Gasteiger partial charge in [0.1, 0.15) is 12.2 Å². The average Bonchev–Trinajstić information content (AvgIpc) is 3.32. The fourth-order valence-corrected chi connectivity index (χ4v) is 5.75. The Balaban J connectivity index is 1.58. The van der Waals surface area contributed by atoms with E-state index in [0.29, 0.717) is 25.3 Å². The van der Waals surface area contributed by atoms with Crippen molar-refractivity contribution in [3.05, 3.63) is 83.9 Å². The second-order valence-electron chi connectivity index (χ2n) is 10.7. The minimum absolute atomic E-state index is 0.0483. The number of nitrogens with zero attached hydrogens (tertiary/aromatic N) is 2. The highest BCUT2D eigenvalue weighted by Gasteiger charge is 2.45. The van der Waals surface area contributed by atoms with Crippen LogP contribution in [0.3, 0.4) is 0 Å². The van der Waals surface area contributed by atoms with Crippen molar-refractivity contribution in [1.29, 1.82) is 0 Å². The number of hydrogen-bond donors (Lipinski definition) is 1. The van der Waals surface area contributed by atoms with Crippen molar-refractivity contribution in [2.45, 2.75) is 70.2 Å². The number of alkyl halides is 1. The zero-order valence-electron chi connectivity index (χ0n) is 22.5. The van der Waals surface area contributed by atoms with Gasteiger partial charge in [0.15, 0.2) is 0 Å². The molecular formula is C31H38FN3O3. The summed E-state index contributed by atoms with van der Waals surface area (Å²) < 4.78 is 14.7. The van der Waals surface area contributed by atoms with Gasteiger partial charge in [-0.15, -0.1) is 6.58 Å². The molecule has 6 nitrogen and oxygen atoms in total. The van der Waals surface area contributed by atoms with Crippen molar-refractivity contribution in [2.75, 3.05) is 13.1 Å². The molecule has 4 rings (SSSR count). The van der Waals surface area contributed by atoms with Gasteiger partial charge in [-0.25, -0.2) is 4.39 Å². The van der Waals surface area contributed by atoms with E-state index < -0.39 is 30.2 Å². The Labute approximate surface area is 224 Å². The lowest BCUT2D eigenvalue weighted by atomic mass is 9.87. The molecule has 0 aromatic heterocycles. The van der Waals surface area contributed by atoms with E-state index in [4.69, 9.17) is 0 Å². The molecule has 0 spiro atoms. The SMILES string of the molecule is C=C[C@H]1C(C(=O)N2C[C@H](F)C[C@H]2C(=O)N[C@@H](c2ccccc2)c2ccc(C(C)C)cc2)CCCN1C(C)=O. The van der Waals surface area contributed by atoms with Crippen molar-refractivity contribution >= 4 is 17.7 Å². The van der Waals surface area contributed by atoms with E-state index in [1.54, 1.807) is 11.0 Å². The number of nitrogens with one attached hydrogen (secondary N) is 1. The normalized spacial score (nSPS) is 24.2. The number of halogens is 1. The summed E-state index contributed by atoms with van der Waals surface area (Å²) in [6.07, 6.45) is 1.52. The third-order valence-corrected chi connectivity index (χ3v) is 7.84. The van der Waals surface area contributed by atoms with Gasteiger partial charge in [0.25, 0.3) is 0 Å². The monoisotopic (exact) mass is 519 g/mol. The lowest BCUT2D eigenvalue weighted by Gasteiger charge is -2.40. The Morgan fingerprint density at radius 1 is 1.00 bits per heavy atom. The van der Waals surface area contributed by atoms with Crippen LogP contribution in [-0.2, 0) is 14.4 Å². The largest absolute Gasteiger partial charge is 0.343 e. The minimum atomic E-state index is -1.29. The predicted molar refractivity (Wildman–Crippen MR) is 146 cm³/mol. The first-order valence-electron chi connectivity index (χ1n) is 13.5. The van der Waals surface area contributed by atoms with Crippen LogP contribution in [0.25, 0.3) is 0 Å². The molecule has 2 heterocycles. The molecule has 38 heavy (non-hydrogen) atoms. The lowest BCUT2D eigenvalue weighted by molar-refractivity contribution is -0.146. The van der Waals surface area contributed by atoms with E-state index in [1.807, 2.05) is 42.5 Å². The number of rotatable bonds is 7. The molecule has 5 atom stereocenters. The molecule has 0 aliphatic carbocycles. The van der Waals surface area contributed by atoms with Gasteiger partial charge < -0.3 is 15.1 Å². The van der Waals surface area contributed by atoms with Crippen LogP contribution in [0, 0.1) is 5.92 Å². The zero-order chi connectivity index (χ0) is 27.4. The van der Waals surface area contributed by atoms with Gasteiger partial charge in [-0.1, -0.05) is 74.5 Å². The van der Waals surface area contributed by atoms with Gasteiger partial charge in [-0.2, -0.15) is 0 Å². The number of amides is 3. The van der Waals surface area contributed by atoms with E-state index in [9.17, 15) is 18.8 Å². The molecule has 7 heteroatoms. The first kappa shape index (κ1) is 27.6. The minimum Gasteiger partial charge on any atom is -0.343 e. The van der Waals surface area contributed by atoms with Gasteiger partial charge in [0, 0.05) is 19.9 Å². The standard InChI is InChI=1S/C31H38FN3O3/c1-5-27-26(12-9-17-34(27)21(4)36)31(38)35-19-25(32)18-28(35)30(37)33-29(23-10-7-6-8-11-23)24-15-13-22(14-16-24)20(2)3/h5-8,10-11,13-16,20,25-29H,1,9,12,17-19H2,2-4H3,(H,33,37)/t25-,26?,27+,28+,29+/m1/s1. The number of piperidine rings is 1. The maximum absolute atomic E-state index is 14.7. The van der Waals surface area contributed by atoms with Crippen molar-refractivity contribution < 1.29 is 18.8 Å². The van der Waals surface area contributed by atoms with E-state index in [0.717, 1.165) is 11.1 Å². The van der Waals surface area contributed by atoms with Gasteiger partial charge in [0.05, 0.1) is 24.5 Å². The molecule has 3 amide bonds. The Bertz CT molecular complexity index is 1150. The highest BCUT2D eigenvalue weighted by Crippen LogP contribution is 2.32. The molecule has 2 aliphatic heterocycles. The summed E-state index contributed by atoms with van der Waals surface area (Å²) in [5.74, 6) is -0.959. The van der Waals surface area contributed by atoms with Crippen LogP contribution in [0.2, 0.25) is 0 Å². The van der Waals surface area contributed by atoms with E-state index in [2.05, 4.69) is 37.9 Å². The summed E-state index contributed by atoms with van der Waals surface area (Å²) >= 11 is 0. The number of likely N-dealkylation sites (tertiary alicyclic amines) is 2. The van der Waals surface area contributed by atoms with Crippen LogP contribution in [0.15, 0.2) is 67.3 Å². The Hall–Kier alpha value is -3.48. The topological polar surface area (TPSA) is 69.7 Å². The maximum Gasteiger partial charge on any atom is 0.243 e. The van der Waals surface area contributed by atoms with Crippen LogP contribution >= 0.6 is 0 Å². The summed E-state index contributed by atoms with van der Waals surface area (Å²) in [6, 6.07) is 16.0. The predicted octanol–water partition coefficient (Wildman–Crippen LogP) is 4.77. The number of carbonyl (C=O) groups is 3. The quantitative estimate of drug-likeness (QED) is 0.536. The number of benzene rings is 2. The van der Waals surface area contributed by atoms with E-state index in [-0.39, 0.29) is 30.7 Å². The number of hydrogen-bond acceptors (Lipinski definition) is 3. The van der Waals surface area contributed by atoms with Gasteiger partial charge in [-0.3, -0.25) is 14.4 Å². The summed E-state index contributed by atoms with van der Waals surface area (Å²) in [6.45, 7) is 10.0. The fraction of sp³-hybridized carbons (Fsp3) is 0.452. The highest BCUT2D eigenvalue weighted by molar-refractivity contribution is 5.90. The highest BCUT2D eigenvalue weighted by atomic mass is 19.1. The molecule has 0 bridgehead atoms. The lowest BCUT2D eigenvalue weighted by Crippen LogP contribution is -2.55. The molecule has 2 aromatic rings. The van der Waals surface area contributed by atoms with Gasteiger partial charge in [0.2, 0.25) is 17.7 Å². The van der Waals surface area contributed by atoms with Gasteiger partial charge in [-0.05, 0) is 35.4 Å². The summed E-state index contributed by atoms with van der Waals surface area (Å²) in [4.78, 5) is 42.6. The molecule has 0 saturated carbocycles. The summed E-state index contributed by atoms with van der Waals surface area (Å²) in [5, 5.41) is 3.12. The first-order valence-corrected chi connectivity index (χ1v) is 13.5. The Kier molecular flexibility index (Phi) is 8.65. The van der Waals surface area contributed by atoms with E-state index in [1.165, 1.54) is 17.4 Å². The fourth-order valence-electron chi connectivity index (χ4n) is 5.75. The maximum atomic E-state index is 14.7. The van der Waals surface area contributed by atoms with Crippen LogP contribution in [0.1, 0.15) is 68.7 Å². The molecule has 2 aromatic carbocycles. The Morgan fingerprint density at radius 3 is 2.24 bits per heavy atom. The summed E-state index contributed by atoms with van der Waals surface area (Å²) in [7, 11) is 0. The molecule has 1 N–H and O–H groups in total. The summed E-state index contributed by atoms with van der Waals surface area (Å²) in [5.41, 5.74) is 3.02. The Morgan fingerprint density at radius 2 is 1.63 bits per heavy atom. The first-order chi connectivity index (χ1) is 18.2. The molecule has 2 aliphatic rings. The average molecular weight is 520 g/mol. The third kappa shape index (κ3) is 5.82. The van der Waals surface area contributed by atoms with Crippen LogP contribution < -0.4 is 5.32 Å². The van der Waals surface area contributed by atoms with Crippen LogP contribution in [0.5, 0.6) is 0 Å². The van der Waals surface area contributed by atoms with Crippen LogP contribution in [0.4, 0.5) is 4.39 Å². The molecule has 2 saturated heterocycles. The zero-order valence-corrected chi connectivity index (χ0v) is 22.5. The van der Waals surface area contributed by atoms with Crippen molar-refractivity contribution in [3.63, 3.8) is 0 Å². The second kappa shape index (κ2) is 11.9. The van der Waals surface area contributed by atoms with Gasteiger partial charge >= 0.3 is 0 Å². The third-order valence-electron chi connectivity index (χ3n) is 7.84. The molecule has 0 radical (unpaired) electrons. The molecule has 2 fully saturated rings. The smallest absolute Gasteiger partial charge is 0.243 e. The molecular weight excluding hydrogens is 481 g/mol. The second-order valence-corrected chi connectivity index (χ2v) is 10.7. The van der Waals surface area contributed by atoms with Crippen molar-refractivity contribution in [1.82, 2.24) is 15.1 Å². The van der Waals surface area contributed by atoms with Crippen LogP contribution in [-0.4, -0.2) is 58.9 Å². The van der Waals surface area contributed by atoms with Crippen molar-refractivity contribution in [2.24, 2.45) is 5.92 Å². The van der Waals surface area contributed by atoms with Crippen molar-refractivity contribution in [3.8, 4) is 0 Å². The van der Waals surface area contributed by atoms with E-state index >= 15 is 0 Å². The molecule has 1 unspecified atom stereocenters. The molecule has 202 valence electrons. The number of carbonyl (C=O) groups excluding carboxylic acids is 3.